The van der Waals surface area contributed by atoms with Gasteiger partial charge in [0, 0.05) is 12.6 Å². The van der Waals surface area contributed by atoms with Crippen molar-refractivity contribution in [3.63, 3.8) is 0 Å². The van der Waals surface area contributed by atoms with Gasteiger partial charge in [-0.25, -0.2) is 0 Å². The molecule has 1 aromatic rings. The van der Waals surface area contributed by atoms with Crippen LogP contribution >= 0.6 is 0 Å². The van der Waals surface area contributed by atoms with Crippen LogP contribution in [-0.2, 0) is 11.3 Å². The highest BCUT2D eigenvalue weighted by atomic mass is 16.2. The lowest BCUT2D eigenvalue weighted by atomic mass is 9.92. The number of rotatable bonds is 2. The Morgan fingerprint density at radius 3 is 2.75 bits per heavy atom. The van der Waals surface area contributed by atoms with Crippen molar-refractivity contribution >= 4 is 11.6 Å². The molecule has 3 rings (SSSR count). The first-order chi connectivity index (χ1) is 9.58. The van der Waals surface area contributed by atoms with Crippen LogP contribution in [0.15, 0.2) is 0 Å². The van der Waals surface area contributed by atoms with Crippen LogP contribution in [0.4, 0.5) is 5.69 Å². The Hall–Kier alpha value is -1.52. The monoisotopic (exact) mass is 276 g/mol. The fourth-order valence-electron chi connectivity index (χ4n) is 3.85. The first kappa shape index (κ1) is 13.5. The molecule has 1 aliphatic heterocycles. The van der Waals surface area contributed by atoms with Gasteiger partial charge >= 0.3 is 0 Å². The summed E-state index contributed by atoms with van der Waals surface area (Å²) >= 11 is 0. The molecule has 20 heavy (non-hydrogen) atoms. The van der Waals surface area contributed by atoms with E-state index in [4.69, 9.17) is 5.73 Å². The van der Waals surface area contributed by atoms with Crippen LogP contribution in [0.1, 0.15) is 43.5 Å². The first-order valence-electron chi connectivity index (χ1n) is 7.67. The molecule has 0 spiro atoms. The Kier molecular flexibility index (Phi) is 3.44. The van der Waals surface area contributed by atoms with Crippen molar-refractivity contribution in [2.75, 3.05) is 12.3 Å². The zero-order valence-corrected chi connectivity index (χ0v) is 12.4. The van der Waals surface area contributed by atoms with Gasteiger partial charge in [-0.1, -0.05) is 6.42 Å². The summed E-state index contributed by atoms with van der Waals surface area (Å²) in [7, 11) is 0. The Morgan fingerprint density at radius 1 is 1.30 bits per heavy atom. The number of fused-ring (bicyclic) bond motifs is 1. The standard InChI is InChI=1S/C15H24N4O/c1-10-15(16)11(2)19(17-10)9-14(20)18-8-4-6-12-5-3-7-13(12)18/h12-13H,3-9,16H2,1-2H3. The number of aromatic nitrogens is 2. The second kappa shape index (κ2) is 5.11. The summed E-state index contributed by atoms with van der Waals surface area (Å²) in [6.07, 6.45) is 6.18. The molecule has 1 aliphatic carbocycles. The van der Waals surface area contributed by atoms with E-state index in [0.29, 0.717) is 18.3 Å². The predicted molar refractivity (Wildman–Crippen MR) is 78.2 cm³/mol. The van der Waals surface area contributed by atoms with Crippen LogP contribution in [0.3, 0.4) is 0 Å². The van der Waals surface area contributed by atoms with E-state index >= 15 is 0 Å². The van der Waals surface area contributed by atoms with E-state index in [9.17, 15) is 4.79 Å². The minimum Gasteiger partial charge on any atom is -0.396 e. The molecule has 0 radical (unpaired) electrons. The van der Waals surface area contributed by atoms with Gasteiger partial charge in [0.2, 0.25) is 5.91 Å². The van der Waals surface area contributed by atoms with Gasteiger partial charge in [0.25, 0.3) is 0 Å². The SMILES string of the molecule is Cc1nn(CC(=O)N2CCCC3CCCC32)c(C)c1N. The summed E-state index contributed by atoms with van der Waals surface area (Å²) in [6, 6.07) is 0.477. The third-order valence-corrected chi connectivity index (χ3v) is 5.04. The highest BCUT2D eigenvalue weighted by molar-refractivity contribution is 5.76. The molecule has 2 unspecified atom stereocenters. The second-order valence-corrected chi connectivity index (χ2v) is 6.23. The van der Waals surface area contributed by atoms with Crippen LogP contribution in [0.25, 0.3) is 0 Å². The van der Waals surface area contributed by atoms with Gasteiger partial charge in [0.15, 0.2) is 0 Å². The predicted octanol–water partition coefficient (Wildman–Crippen LogP) is 1.87. The van der Waals surface area contributed by atoms with Gasteiger partial charge in [0.05, 0.1) is 17.1 Å². The van der Waals surface area contributed by atoms with Crippen LogP contribution < -0.4 is 5.73 Å². The number of carbonyl (C=O) groups excluding carboxylic acids is 1. The van der Waals surface area contributed by atoms with Gasteiger partial charge in [0.1, 0.15) is 6.54 Å². The molecule has 0 aromatic carbocycles. The number of amides is 1. The van der Waals surface area contributed by atoms with Crippen LogP contribution in [0.2, 0.25) is 0 Å². The summed E-state index contributed by atoms with van der Waals surface area (Å²) < 4.78 is 1.76. The van der Waals surface area contributed by atoms with Crippen molar-refractivity contribution in [1.82, 2.24) is 14.7 Å². The Bertz CT molecular complexity index is 522. The van der Waals surface area contributed by atoms with Crippen molar-refractivity contribution in [1.29, 1.82) is 0 Å². The van der Waals surface area contributed by atoms with E-state index in [1.165, 1.54) is 25.7 Å². The first-order valence-corrected chi connectivity index (χ1v) is 7.67. The minimum atomic E-state index is 0.201. The number of anilines is 1. The van der Waals surface area contributed by atoms with Crippen molar-refractivity contribution in [2.45, 2.75) is 58.5 Å². The number of likely N-dealkylation sites (tertiary alicyclic amines) is 1. The largest absolute Gasteiger partial charge is 0.396 e. The maximum absolute atomic E-state index is 12.6. The lowest BCUT2D eigenvalue weighted by Gasteiger charge is -2.37. The number of nitrogens with two attached hydrogens (primary N) is 1. The summed E-state index contributed by atoms with van der Waals surface area (Å²) in [5.41, 5.74) is 8.35. The minimum absolute atomic E-state index is 0.201. The molecule has 1 aromatic heterocycles. The van der Waals surface area contributed by atoms with Crippen molar-refractivity contribution < 1.29 is 4.79 Å². The van der Waals surface area contributed by atoms with Crippen LogP contribution in [0, 0.1) is 19.8 Å². The third kappa shape index (κ3) is 2.19. The van der Waals surface area contributed by atoms with E-state index in [0.717, 1.165) is 30.3 Å². The average Bonchev–Trinajstić information content (AvgIpc) is 3.00. The summed E-state index contributed by atoms with van der Waals surface area (Å²) in [4.78, 5) is 14.7. The van der Waals surface area contributed by atoms with Gasteiger partial charge in [-0.3, -0.25) is 9.48 Å². The van der Waals surface area contributed by atoms with E-state index in [1.54, 1.807) is 4.68 Å². The van der Waals surface area contributed by atoms with Crippen molar-refractivity contribution in [3.05, 3.63) is 11.4 Å². The maximum atomic E-state index is 12.6. The Morgan fingerprint density at radius 2 is 2.05 bits per heavy atom. The number of nitrogens with zero attached hydrogens (tertiary/aromatic N) is 3. The summed E-state index contributed by atoms with van der Waals surface area (Å²) in [5, 5.41) is 4.37. The fraction of sp³-hybridized carbons (Fsp3) is 0.733. The zero-order chi connectivity index (χ0) is 14.3. The van der Waals surface area contributed by atoms with Gasteiger partial charge in [-0.05, 0) is 45.4 Å². The molecule has 0 bridgehead atoms. The zero-order valence-electron chi connectivity index (χ0n) is 12.4. The second-order valence-electron chi connectivity index (χ2n) is 6.23. The molecule has 5 nitrogen and oxygen atoms in total. The highest BCUT2D eigenvalue weighted by Crippen LogP contribution is 2.36. The lowest BCUT2D eigenvalue weighted by Crippen LogP contribution is -2.47. The van der Waals surface area contributed by atoms with Gasteiger partial charge in [-0.15, -0.1) is 0 Å². The number of nitrogen functional groups attached to an aromatic ring is 1. The molecular formula is C15H24N4O. The van der Waals surface area contributed by atoms with Crippen LogP contribution in [0.5, 0.6) is 0 Å². The molecule has 5 heteroatoms. The summed E-state index contributed by atoms with van der Waals surface area (Å²) in [6.45, 7) is 5.05. The van der Waals surface area contributed by atoms with Gasteiger partial charge in [-0.2, -0.15) is 5.10 Å². The normalized spacial score (nSPS) is 25.8. The highest BCUT2D eigenvalue weighted by Gasteiger charge is 2.37. The Labute approximate surface area is 120 Å². The quantitative estimate of drug-likeness (QED) is 0.897. The molecule has 2 N–H and O–H groups in total. The molecule has 110 valence electrons. The number of hydrogen-bond donors (Lipinski definition) is 1. The van der Waals surface area contributed by atoms with E-state index < -0.39 is 0 Å². The molecule has 1 saturated carbocycles. The van der Waals surface area contributed by atoms with E-state index in [1.807, 2.05) is 13.8 Å². The van der Waals surface area contributed by atoms with Crippen molar-refractivity contribution in [3.8, 4) is 0 Å². The molecule has 1 saturated heterocycles. The fourth-order valence-corrected chi connectivity index (χ4v) is 3.85. The molecule has 1 amide bonds. The van der Waals surface area contributed by atoms with E-state index in [-0.39, 0.29) is 5.91 Å². The third-order valence-electron chi connectivity index (χ3n) is 5.04. The van der Waals surface area contributed by atoms with Gasteiger partial charge < -0.3 is 10.6 Å². The summed E-state index contributed by atoms with van der Waals surface area (Å²) in [5.74, 6) is 0.936. The Balaban J connectivity index is 1.74. The molecule has 2 fully saturated rings. The number of aryl methyl sites for hydroxylation is 1. The number of piperidine rings is 1. The average molecular weight is 276 g/mol. The topological polar surface area (TPSA) is 64.2 Å². The number of hydrogen-bond acceptors (Lipinski definition) is 3. The number of carbonyl (C=O) groups is 1. The molecule has 2 heterocycles. The van der Waals surface area contributed by atoms with Crippen LogP contribution in [-0.4, -0.2) is 33.2 Å². The molecular weight excluding hydrogens is 252 g/mol. The maximum Gasteiger partial charge on any atom is 0.244 e. The smallest absolute Gasteiger partial charge is 0.244 e. The van der Waals surface area contributed by atoms with Crippen molar-refractivity contribution in [2.24, 2.45) is 5.92 Å². The van der Waals surface area contributed by atoms with E-state index in [2.05, 4.69) is 10.00 Å². The molecule has 2 aliphatic rings. The molecule has 2 atom stereocenters. The lowest BCUT2D eigenvalue weighted by molar-refractivity contribution is -0.136.